The van der Waals surface area contributed by atoms with Gasteiger partial charge in [0.25, 0.3) is 5.91 Å². The number of amides is 1. The van der Waals surface area contributed by atoms with Crippen LogP contribution in [0.25, 0.3) is 0 Å². The number of carbonyl (C=O) groups excluding carboxylic acids is 1. The first kappa shape index (κ1) is 22.3. The molecular weight excluding hydrogens is 428 g/mol. The lowest BCUT2D eigenvalue weighted by Crippen LogP contribution is -2.35. The standard InChI is InChI=1S/C20H24N2O6S2/c1-2-19(28-17-6-4-3-5-7-17)20(23)21-15-8-10-18(11-9-15)30(26,27)22-16-12-13-29(24,25)14-16/h3-11,16,19,22H,2,12-14H2,1H3,(H,21,23). The van der Waals surface area contributed by atoms with Gasteiger partial charge in [-0.05, 0) is 49.2 Å². The van der Waals surface area contributed by atoms with Crippen LogP contribution >= 0.6 is 0 Å². The quantitative estimate of drug-likeness (QED) is 0.632. The van der Waals surface area contributed by atoms with Gasteiger partial charge in [-0.3, -0.25) is 4.79 Å². The fraction of sp³-hybridized carbons (Fsp3) is 0.350. The summed E-state index contributed by atoms with van der Waals surface area (Å²) in [5.74, 6) is 0.0295. The Kier molecular flexibility index (Phi) is 6.79. The van der Waals surface area contributed by atoms with Crippen molar-refractivity contribution in [2.24, 2.45) is 0 Å². The van der Waals surface area contributed by atoms with E-state index in [4.69, 9.17) is 4.74 Å². The van der Waals surface area contributed by atoms with Gasteiger partial charge >= 0.3 is 0 Å². The molecule has 1 aliphatic rings. The van der Waals surface area contributed by atoms with Gasteiger partial charge in [-0.25, -0.2) is 21.6 Å². The molecule has 2 unspecified atom stereocenters. The van der Waals surface area contributed by atoms with Crippen LogP contribution in [0, 0.1) is 0 Å². The van der Waals surface area contributed by atoms with Gasteiger partial charge in [0.2, 0.25) is 10.0 Å². The Hall–Kier alpha value is -2.43. The average molecular weight is 453 g/mol. The molecule has 8 nitrogen and oxygen atoms in total. The summed E-state index contributed by atoms with van der Waals surface area (Å²) in [5.41, 5.74) is 0.428. The van der Waals surface area contributed by atoms with Crippen molar-refractivity contribution in [1.29, 1.82) is 0 Å². The van der Waals surface area contributed by atoms with Crippen LogP contribution in [0.3, 0.4) is 0 Å². The smallest absolute Gasteiger partial charge is 0.265 e. The Labute approximate surface area is 176 Å². The number of benzene rings is 2. The SMILES string of the molecule is CCC(Oc1ccccc1)C(=O)Nc1ccc(S(=O)(=O)NC2CCS(=O)(=O)C2)cc1. The minimum atomic E-state index is -3.85. The highest BCUT2D eigenvalue weighted by molar-refractivity contribution is 7.92. The third-order valence-electron chi connectivity index (χ3n) is 4.67. The van der Waals surface area contributed by atoms with Crippen LogP contribution < -0.4 is 14.8 Å². The minimum absolute atomic E-state index is 0.00243. The largest absolute Gasteiger partial charge is 0.481 e. The molecule has 3 rings (SSSR count). The van der Waals surface area contributed by atoms with Gasteiger partial charge in [-0.2, -0.15) is 0 Å². The molecule has 162 valence electrons. The minimum Gasteiger partial charge on any atom is -0.481 e. The zero-order chi connectivity index (χ0) is 21.8. The van der Waals surface area contributed by atoms with Crippen molar-refractivity contribution in [3.05, 3.63) is 54.6 Å². The van der Waals surface area contributed by atoms with E-state index in [0.29, 0.717) is 17.9 Å². The molecule has 1 aliphatic heterocycles. The number of para-hydroxylation sites is 1. The lowest BCUT2D eigenvalue weighted by molar-refractivity contribution is -0.122. The number of anilines is 1. The molecule has 0 aliphatic carbocycles. The molecule has 2 atom stereocenters. The second kappa shape index (κ2) is 9.15. The molecule has 2 N–H and O–H groups in total. The van der Waals surface area contributed by atoms with E-state index in [9.17, 15) is 21.6 Å². The molecule has 0 spiro atoms. The summed E-state index contributed by atoms with van der Waals surface area (Å²) in [4.78, 5) is 12.5. The summed E-state index contributed by atoms with van der Waals surface area (Å²) in [6, 6.07) is 14.1. The highest BCUT2D eigenvalue weighted by Gasteiger charge is 2.31. The maximum Gasteiger partial charge on any atom is 0.265 e. The van der Waals surface area contributed by atoms with Crippen LogP contribution in [-0.2, 0) is 24.7 Å². The molecule has 30 heavy (non-hydrogen) atoms. The lowest BCUT2D eigenvalue weighted by Gasteiger charge is -2.17. The van der Waals surface area contributed by atoms with Gasteiger partial charge in [-0.1, -0.05) is 25.1 Å². The first-order valence-electron chi connectivity index (χ1n) is 9.54. The van der Waals surface area contributed by atoms with Gasteiger partial charge in [0.1, 0.15) is 5.75 Å². The summed E-state index contributed by atoms with van der Waals surface area (Å²) in [6.07, 6.45) is 0.0264. The van der Waals surface area contributed by atoms with Crippen LogP contribution in [0.15, 0.2) is 59.5 Å². The molecule has 2 aromatic carbocycles. The highest BCUT2D eigenvalue weighted by Crippen LogP contribution is 2.19. The van der Waals surface area contributed by atoms with Crippen molar-refractivity contribution >= 4 is 31.5 Å². The predicted octanol–water partition coefficient (Wildman–Crippen LogP) is 1.95. The molecule has 0 radical (unpaired) electrons. The van der Waals surface area contributed by atoms with Crippen LogP contribution in [-0.4, -0.2) is 46.4 Å². The van der Waals surface area contributed by atoms with Crippen molar-refractivity contribution in [1.82, 2.24) is 4.72 Å². The summed E-state index contributed by atoms with van der Waals surface area (Å²) in [5, 5.41) is 2.72. The van der Waals surface area contributed by atoms with Gasteiger partial charge in [0.05, 0.1) is 16.4 Å². The molecule has 1 fully saturated rings. The Morgan fingerprint density at radius 1 is 1.13 bits per heavy atom. The first-order chi connectivity index (χ1) is 14.2. The van der Waals surface area contributed by atoms with E-state index < -0.39 is 32.0 Å². The number of sulfone groups is 1. The fourth-order valence-electron chi connectivity index (χ4n) is 3.10. The molecule has 0 aromatic heterocycles. The average Bonchev–Trinajstić information content (AvgIpc) is 3.04. The van der Waals surface area contributed by atoms with Crippen molar-refractivity contribution in [2.75, 3.05) is 16.8 Å². The van der Waals surface area contributed by atoms with Crippen LogP contribution in [0.4, 0.5) is 5.69 Å². The molecule has 1 saturated heterocycles. The Balaban J connectivity index is 1.62. The molecular formula is C20H24N2O6S2. The topological polar surface area (TPSA) is 119 Å². The normalized spacial score (nSPS) is 19.2. The molecule has 10 heteroatoms. The van der Waals surface area contributed by atoms with Gasteiger partial charge in [0, 0.05) is 11.7 Å². The van der Waals surface area contributed by atoms with E-state index in [1.807, 2.05) is 25.1 Å². The fourth-order valence-corrected chi connectivity index (χ4v) is 6.15. The Morgan fingerprint density at radius 2 is 1.80 bits per heavy atom. The van der Waals surface area contributed by atoms with Crippen LogP contribution in [0.2, 0.25) is 0 Å². The van der Waals surface area contributed by atoms with Crippen molar-refractivity contribution in [3.63, 3.8) is 0 Å². The number of sulfonamides is 1. The van der Waals surface area contributed by atoms with Crippen LogP contribution in [0.1, 0.15) is 19.8 Å². The van der Waals surface area contributed by atoms with E-state index >= 15 is 0 Å². The van der Waals surface area contributed by atoms with Crippen molar-refractivity contribution in [3.8, 4) is 5.75 Å². The predicted molar refractivity (Wildman–Crippen MR) is 114 cm³/mol. The van der Waals surface area contributed by atoms with Crippen LogP contribution in [0.5, 0.6) is 5.75 Å². The monoisotopic (exact) mass is 452 g/mol. The van der Waals surface area contributed by atoms with E-state index in [0.717, 1.165) is 0 Å². The molecule has 1 amide bonds. The number of hydrogen-bond acceptors (Lipinski definition) is 6. The van der Waals surface area contributed by atoms with Gasteiger partial charge < -0.3 is 10.1 Å². The number of ether oxygens (including phenoxy) is 1. The van der Waals surface area contributed by atoms with E-state index in [1.165, 1.54) is 24.3 Å². The first-order valence-corrected chi connectivity index (χ1v) is 12.8. The second-order valence-corrected chi connectivity index (χ2v) is 11.0. The maximum absolute atomic E-state index is 12.5. The summed E-state index contributed by atoms with van der Waals surface area (Å²) >= 11 is 0. The third kappa shape index (κ3) is 5.80. The molecule has 0 saturated carbocycles. The molecule has 0 bridgehead atoms. The Morgan fingerprint density at radius 3 is 2.37 bits per heavy atom. The summed E-state index contributed by atoms with van der Waals surface area (Å²) in [7, 11) is -7.04. The second-order valence-electron chi connectivity index (χ2n) is 7.06. The maximum atomic E-state index is 12.5. The number of carbonyl (C=O) groups is 1. The Bertz CT molecular complexity index is 1080. The lowest BCUT2D eigenvalue weighted by atomic mass is 10.2. The van der Waals surface area contributed by atoms with Crippen molar-refractivity contribution < 1.29 is 26.4 Å². The zero-order valence-corrected chi connectivity index (χ0v) is 18.1. The summed E-state index contributed by atoms with van der Waals surface area (Å²) in [6.45, 7) is 1.83. The zero-order valence-electron chi connectivity index (χ0n) is 16.4. The van der Waals surface area contributed by atoms with E-state index in [2.05, 4.69) is 10.0 Å². The van der Waals surface area contributed by atoms with Crippen molar-refractivity contribution in [2.45, 2.75) is 36.8 Å². The number of hydrogen-bond donors (Lipinski definition) is 2. The van der Waals surface area contributed by atoms with Gasteiger partial charge in [0.15, 0.2) is 15.9 Å². The van der Waals surface area contributed by atoms with E-state index in [-0.39, 0.29) is 28.7 Å². The highest BCUT2D eigenvalue weighted by atomic mass is 32.2. The number of nitrogens with one attached hydrogen (secondary N) is 2. The third-order valence-corrected chi connectivity index (χ3v) is 7.98. The summed E-state index contributed by atoms with van der Waals surface area (Å²) < 4.78 is 56.1. The molecule has 1 heterocycles. The van der Waals surface area contributed by atoms with Gasteiger partial charge in [-0.15, -0.1) is 0 Å². The van der Waals surface area contributed by atoms with E-state index in [1.54, 1.807) is 12.1 Å². The number of rotatable bonds is 8. The molecule has 2 aromatic rings.